The van der Waals surface area contributed by atoms with Crippen molar-refractivity contribution in [3.63, 3.8) is 0 Å². The van der Waals surface area contributed by atoms with E-state index < -0.39 is 62.7 Å². The van der Waals surface area contributed by atoms with Crippen molar-refractivity contribution in [2.75, 3.05) is 105 Å². The lowest BCUT2D eigenvalue weighted by atomic mass is 10.0. The van der Waals surface area contributed by atoms with Gasteiger partial charge in [-0.25, -0.2) is 4.57 Å². The first-order chi connectivity index (χ1) is 37.6. The van der Waals surface area contributed by atoms with Gasteiger partial charge in [0.05, 0.1) is 39.4 Å². The maximum atomic E-state index is 13.2. The highest BCUT2D eigenvalue weighted by Gasteiger charge is 2.27. The molecule has 0 bridgehead atoms. The van der Waals surface area contributed by atoms with Crippen molar-refractivity contribution in [3.8, 4) is 0 Å². The lowest BCUT2D eigenvalue weighted by molar-refractivity contribution is -0.161. The number of phosphoric ester groups is 1. The molecule has 20 nitrogen and oxygen atoms in total. The molecule has 2 atom stereocenters. The van der Waals surface area contributed by atoms with Crippen LogP contribution in [0.3, 0.4) is 0 Å². The van der Waals surface area contributed by atoms with E-state index in [0.29, 0.717) is 65.2 Å². The molecule has 1 fully saturated rings. The van der Waals surface area contributed by atoms with Gasteiger partial charge in [-0.05, 0) is 12.8 Å². The maximum absolute atomic E-state index is 13.2. The van der Waals surface area contributed by atoms with E-state index in [9.17, 15) is 38.2 Å². The van der Waals surface area contributed by atoms with E-state index >= 15 is 0 Å². The van der Waals surface area contributed by atoms with Crippen LogP contribution >= 0.6 is 7.82 Å². The van der Waals surface area contributed by atoms with Gasteiger partial charge in [0.25, 0.3) is 0 Å². The van der Waals surface area contributed by atoms with Crippen LogP contribution in [0.25, 0.3) is 0 Å². The fraction of sp³-hybridized carbons (Fsp3) is 0.895. The molecule has 78 heavy (non-hydrogen) atoms. The van der Waals surface area contributed by atoms with Crippen molar-refractivity contribution in [1.82, 2.24) is 24.9 Å². The highest BCUT2D eigenvalue weighted by Crippen LogP contribution is 2.43. The molecule has 1 unspecified atom stereocenters. The number of primary amides is 3. The minimum atomic E-state index is -4.72. The van der Waals surface area contributed by atoms with E-state index in [-0.39, 0.29) is 52.2 Å². The Bertz CT molecular complexity index is 1590. The minimum absolute atomic E-state index is 0.00492. The summed E-state index contributed by atoms with van der Waals surface area (Å²) in [6, 6.07) is 0. The Morgan fingerprint density at radius 3 is 1.09 bits per heavy atom. The molecular formula is C57H111N8O12P. The molecule has 0 aliphatic carbocycles. The predicted octanol–water partition coefficient (Wildman–Crippen LogP) is 7.89. The monoisotopic (exact) mass is 1130 g/mol. The van der Waals surface area contributed by atoms with E-state index in [1.807, 2.05) is 19.6 Å². The molecule has 0 aromatic rings. The Kier molecular flexibility index (Phi) is 46.3. The first kappa shape index (κ1) is 72.8. The number of ether oxygens (including phenoxy) is 2. The summed E-state index contributed by atoms with van der Waals surface area (Å²) < 4.78 is 34.5. The Labute approximate surface area is 471 Å². The normalized spacial score (nSPS) is 15.7. The van der Waals surface area contributed by atoms with Crippen LogP contribution in [0.15, 0.2) is 0 Å². The number of esters is 2. The number of rotatable bonds is 50. The molecule has 0 aromatic heterocycles. The molecule has 1 aliphatic heterocycles. The van der Waals surface area contributed by atoms with Crippen molar-refractivity contribution in [2.45, 2.75) is 225 Å². The quantitative estimate of drug-likeness (QED) is 0.0220. The van der Waals surface area contributed by atoms with Gasteiger partial charge in [-0.2, -0.15) is 0 Å². The van der Waals surface area contributed by atoms with E-state index in [1.54, 1.807) is 0 Å². The van der Waals surface area contributed by atoms with Crippen LogP contribution in [0.2, 0.25) is 0 Å². The zero-order valence-electron chi connectivity index (χ0n) is 48.9. The highest BCUT2D eigenvalue weighted by atomic mass is 31.2. The van der Waals surface area contributed by atoms with Crippen molar-refractivity contribution in [1.29, 1.82) is 0 Å². The summed E-state index contributed by atoms with van der Waals surface area (Å²) in [5.74, 6) is -2.95. The van der Waals surface area contributed by atoms with Crippen LogP contribution in [0.1, 0.15) is 219 Å². The number of nitrogens with two attached hydrogens (primary N) is 3. The summed E-state index contributed by atoms with van der Waals surface area (Å²) in [4.78, 5) is 92.4. The van der Waals surface area contributed by atoms with Gasteiger partial charge in [0.2, 0.25) is 23.6 Å². The molecule has 8 N–H and O–H groups in total. The molecule has 1 saturated heterocycles. The van der Waals surface area contributed by atoms with Crippen molar-refractivity contribution >= 4 is 43.4 Å². The van der Waals surface area contributed by atoms with Gasteiger partial charge in [-0.15, -0.1) is 0 Å². The number of hydrogen-bond acceptors (Lipinski definition) is 15. The second-order valence-electron chi connectivity index (χ2n) is 21.6. The zero-order chi connectivity index (χ0) is 57.3. The van der Waals surface area contributed by atoms with Gasteiger partial charge in [0, 0.05) is 71.7 Å². The standard InChI is InChI=1S/C57H111N8O12P/c1-3-5-7-9-11-13-15-17-19-21-23-25-27-29-31-33-56(70)74-49-51(77-57(71)34-32-30-28-26-24-22-20-18-16-14-12-10-8-6-4-2)50-76-78(72,73)75-44-35-61-55(69)48-65-42-40-63(46-53(59)67)38-36-62(45-52(58)66)37-39-64(41-43-65)47-54(60)68/h51H,3-50H2,1-2H3,(H2,58,66)(H2,59,67)(H2,60,68)(H,61,69)(H,72,73)/t51-/m1/s1. The zero-order valence-corrected chi connectivity index (χ0v) is 49.8. The van der Waals surface area contributed by atoms with Gasteiger partial charge in [-0.1, -0.05) is 194 Å². The molecule has 0 aromatic carbocycles. The average Bonchev–Trinajstić information content (AvgIpc) is 3.38. The van der Waals surface area contributed by atoms with Crippen LogP contribution in [0.4, 0.5) is 0 Å². The van der Waals surface area contributed by atoms with Gasteiger partial charge in [-0.3, -0.25) is 57.4 Å². The molecule has 0 radical (unpaired) electrons. The van der Waals surface area contributed by atoms with Gasteiger partial charge in [0.1, 0.15) is 6.61 Å². The number of amides is 4. The Morgan fingerprint density at radius 2 is 0.756 bits per heavy atom. The summed E-state index contributed by atoms with van der Waals surface area (Å²) >= 11 is 0. The van der Waals surface area contributed by atoms with Gasteiger partial charge >= 0.3 is 19.8 Å². The average molecular weight is 1130 g/mol. The maximum Gasteiger partial charge on any atom is 0.472 e. The molecule has 0 saturated carbocycles. The third kappa shape index (κ3) is 46.5. The lowest BCUT2D eigenvalue weighted by Crippen LogP contribution is -2.50. The fourth-order valence-corrected chi connectivity index (χ4v) is 10.3. The van der Waals surface area contributed by atoms with Crippen molar-refractivity contribution < 1.29 is 56.7 Å². The topological polar surface area (TPSA) is 280 Å². The fourth-order valence-electron chi connectivity index (χ4n) is 9.60. The minimum Gasteiger partial charge on any atom is -0.462 e. The predicted molar refractivity (Wildman–Crippen MR) is 308 cm³/mol. The van der Waals surface area contributed by atoms with Crippen LogP contribution in [-0.4, -0.2) is 171 Å². The lowest BCUT2D eigenvalue weighted by Gasteiger charge is -2.33. The van der Waals surface area contributed by atoms with Crippen molar-refractivity contribution in [3.05, 3.63) is 0 Å². The van der Waals surface area contributed by atoms with E-state index in [0.717, 1.165) is 38.5 Å². The molecule has 456 valence electrons. The molecule has 1 aliphatic rings. The first-order valence-corrected chi connectivity index (χ1v) is 32.1. The SMILES string of the molecule is CCCCCCCCCCCCCCCCCC(=O)OC[C@H](COP(=O)(O)OCCNC(=O)CN1CCN(CC(N)=O)CCN(CC(N)=O)CCN(CC(N)=O)CC1)OC(=O)CCCCCCCCCCCCCCCCC. The summed E-state index contributed by atoms with van der Waals surface area (Å²) in [6.45, 7) is 5.88. The van der Waals surface area contributed by atoms with Gasteiger partial charge < -0.3 is 36.9 Å². The van der Waals surface area contributed by atoms with E-state index in [2.05, 4.69) is 19.2 Å². The Balaban J connectivity index is 2.66. The largest absolute Gasteiger partial charge is 0.472 e. The number of hydrogen-bond donors (Lipinski definition) is 5. The number of carbonyl (C=O) groups excluding carboxylic acids is 6. The summed E-state index contributed by atoms with van der Waals surface area (Å²) in [6.07, 6.45) is 35.4. The molecule has 21 heteroatoms. The summed E-state index contributed by atoms with van der Waals surface area (Å²) in [7, 11) is -4.72. The number of carbonyl (C=O) groups is 6. The second kappa shape index (κ2) is 49.6. The third-order valence-corrected chi connectivity index (χ3v) is 15.2. The van der Waals surface area contributed by atoms with Crippen LogP contribution in [0, 0.1) is 0 Å². The third-order valence-electron chi connectivity index (χ3n) is 14.2. The second-order valence-corrected chi connectivity index (χ2v) is 23.1. The van der Waals surface area contributed by atoms with Crippen LogP contribution < -0.4 is 22.5 Å². The first-order valence-electron chi connectivity index (χ1n) is 30.6. The summed E-state index contributed by atoms with van der Waals surface area (Å²) in [5.41, 5.74) is 16.5. The molecular weight excluding hydrogens is 1020 g/mol. The van der Waals surface area contributed by atoms with E-state index in [4.69, 9.17) is 35.7 Å². The molecule has 4 amide bonds. The molecule has 1 heterocycles. The highest BCUT2D eigenvalue weighted by molar-refractivity contribution is 7.47. The Morgan fingerprint density at radius 1 is 0.449 bits per heavy atom. The van der Waals surface area contributed by atoms with E-state index in [1.165, 1.54) is 141 Å². The molecule has 0 spiro atoms. The number of phosphoric acid groups is 1. The summed E-state index contributed by atoms with van der Waals surface area (Å²) in [5, 5.41) is 2.68. The number of nitrogens with zero attached hydrogens (tertiary/aromatic N) is 4. The number of nitrogens with one attached hydrogen (secondary N) is 1. The van der Waals surface area contributed by atoms with Crippen molar-refractivity contribution in [2.24, 2.45) is 17.2 Å². The smallest absolute Gasteiger partial charge is 0.462 e. The van der Waals surface area contributed by atoms with Gasteiger partial charge in [0.15, 0.2) is 6.10 Å². The molecule has 1 rings (SSSR count). The number of unbranched alkanes of at least 4 members (excludes halogenated alkanes) is 28. The van der Waals surface area contributed by atoms with Crippen LogP contribution in [0.5, 0.6) is 0 Å². The Hall–Kier alpha value is -3.23. The van der Waals surface area contributed by atoms with Crippen LogP contribution in [-0.2, 0) is 51.9 Å².